The van der Waals surface area contributed by atoms with Crippen LogP contribution in [0, 0.1) is 38.1 Å². The molecule has 0 radical (unpaired) electrons. The fraction of sp³-hybridized carbons (Fsp3) is 0.286. The number of aromatic nitrogens is 10. The highest BCUT2D eigenvalue weighted by molar-refractivity contribution is 9.10. The number of aryl methyl sites for hydroxylation is 2. The lowest BCUT2D eigenvalue weighted by Crippen LogP contribution is -2.34. The number of pyridine rings is 2. The summed E-state index contributed by atoms with van der Waals surface area (Å²) in [5, 5.41) is 24.8. The highest BCUT2D eigenvalue weighted by Crippen LogP contribution is 2.28. The summed E-state index contributed by atoms with van der Waals surface area (Å²) < 4.78 is 5.89. The molecule has 0 saturated heterocycles. The van der Waals surface area contributed by atoms with Crippen LogP contribution in [0.25, 0.3) is 22.3 Å². The molecule has 0 aromatic carbocycles. The van der Waals surface area contributed by atoms with Crippen molar-refractivity contribution in [2.75, 3.05) is 24.0 Å². The molecule has 0 fully saturated rings. The van der Waals surface area contributed by atoms with Crippen LogP contribution < -0.4 is 20.9 Å². The number of nitrogen functional groups attached to an aromatic ring is 2. The molecular formula is C28H30BrClN12O2S2. The molecule has 18 heteroatoms. The van der Waals surface area contributed by atoms with Gasteiger partial charge < -0.3 is 31.0 Å². The molecular weight excluding hydrogens is 716 g/mol. The number of halogens is 2. The van der Waals surface area contributed by atoms with Crippen LogP contribution in [0.3, 0.4) is 0 Å². The van der Waals surface area contributed by atoms with E-state index in [0.29, 0.717) is 51.4 Å². The van der Waals surface area contributed by atoms with Gasteiger partial charge in [-0.3, -0.25) is 0 Å². The topological polar surface area (TPSA) is 193 Å². The summed E-state index contributed by atoms with van der Waals surface area (Å²) in [5.74, 6) is 0.233. The average molecular weight is 746 g/mol. The van der Waals surface area contributed by atoms with E-state index in [1.807, 2.05) is 40.2 Å². The van der Waals surface area contributed by atoms with Crippen molar-refractivity contribution in [2.45, 2.75) is 50.6 Å². The van der Waals surface area contributed by atoms with Crippen LogP contribution >= 0.6 is 51.1 Å². The molecule has 6 heterocycles. The van der Waals surface area contributed by atoms with E-state index in [1.54, 1.807) is 57.7 Å². The van der Waals surface area contributed by atoms with Crippen LogP contribution in [-0.4, -0.2) is 51.5 Å². The second kappa shape index (κ2) is 13.4. The van der Waals surface area contributed by atoms with E-state index in [9.17, 15) is 10.4 Å². The molecule has 240 valence electrons. The highest BCUT2D eigenvalue weighted by Gasteiger charge is 2.21. The number of hydrogen-bond donors (Lipinski definition) is 2. The van der Waals surface area contributed by atoms with Crippen molar-refractivity contribution in [1.82, 2.24) is 39.0 Å². The molecule has 0 aliphatic heterocycles. The maximum Gasteiger partial charge on any atom is 0.223 e. The summed E-state index contributed by atoms with van der Waals surface area (Å²) in [6.07, 6.45) is 10.4. The summed E-state index contributed by atoms with van der Waals surface area (Å²) in [6.45, 7) is 8.46. The van der Waals surface area contributed by atoms with Crippen molar-refractivity contribution >= 4 is 85.3 Å². The van der Waals surface area contributed by atoms with Gasteiger partial charge in [-0.05, 0) is 56.1 Å². The maximum atomic E-state index is 12.3. The summed E-state index contributed by atoms with van der Waals surface area (Å²) in [7, 11) is 0. The van der Waals surface area contributed by atoms with Gasteiger partial charge in [0.2, 0.25) is 23.3 Å². The first-order valence-corrected chi connectivity index (χ1v) is 17.3. The molecule has 6 rings (SSSR count). The molecule has 6 aromatic heterocycles. The lowest BCUT2D eigenvalue weighted by molar-refractivity contribution is -0.615. The van der Waals surface area contributed by atoms with E-state index < -0.39 is 0 Å². The summed E-state index contributed by atoms with van der Waals surface area (Å²) >= 11 is 12.6. The second-order valence-electron chi connectivity index (χ2n) is 10.3. The number of anilines is 2. The van der Waals surface area contributed by atoms with E-state index in [2.05, 4.69) is 45.8 Å². The van der Waals surface area contributed by atoms with Gasteiger partial charge in [0.15, 0.2) is 28.8 Å². The van der Waals surface area contributed by atoms with Gasteiger partial charge in [-0.15, -0.1) is 23.5 Å². The zero-order chi connectivity index (χ0) is 33.4. The Balaban J connectivity index is 0.000000181. The molecule has 4 N–H and O–H groups in total. The molecule has 0 bridgehead atoms. The van der Waals surface area contributed by atoms with Crippen LogP contribution in [0.15, 0.2) is 39.4 Å². The number of fused-ring (bicyclic) bond motifs is 2. The van der Waals surface area contributed by atoms with Gasteiger partial charge in [-0.2, -0.15) is 24.4 Å². The first-order chi connectivity index (χ1) is 21.8. The third kappa shape index (κ3) is 6.36. The summed E-state index contributed by atoms with van der Waals surface area (Å²) in [4.78, 5) is 27.0. The van der Waals surface area contributed by atoms with Crippen LogP contribution in [0.4, 0.5) is 11.9 Å². The number of nitrogens with two attached hydrogens (primary N) is 2. The predicted octanol–water partition coefficient (Wildman–Crippen LogP) is 4.27. The van der Waals surface area contributed by atoms with Crippen LogP contribution in [0.1, 0.15) is 33.6 Å². The molecule has 14 nitrogen and oxygen atoms in total. The SMILES string of the molecule is CSc1c(C)c[n+]([O-])c(Cn2cnc3c(Br)nc(N)nc32)c1C.CSc1c(C)c[n+]([O-])c(Cn2cnc3c(Cl)nc(N)nc32)c1C. The largest absolute Gasteiger partial charge is 0.618 e. The Hall–Kier alpha value is -3.93. The highest BCUT2D eigenvalue weighted by atomic mass is 79.9. The molecule has 6 aromatic rings. The van der Waals surface area contributed by atoms with Gasteiger partial charge in [-0.25, -0.2) is 15.0 Å². The molecule has 0 aliphatic carbocycles. The first kappa shape index (κ1) is 33.4. The number of hydrogen-bond acceptors (Lipinski definition) is 12. The van der Waals surface area contributed by atoms with Crippen molar-refractivity contribution in [3.05, 3.63) is 78.9 Å². The van der Waals surface area contributed by atoms with Gasteiger partial charge in [0.1, 0.15) is 28.7 Å². The predicted molar refractivity (Wildman–Crippen MR) is 184 cm³/mol. The normalized spacial score (nSPS) is 11.3. The van der Waals surface area contributed by atoms with E-state index >= 15 is 0 Å². The van der Waals surface area contributed by atoms with Crippen LogP contribution in [0.5, 0.6) is 0 Å². The Kier molecular flexibility index (Phi) is 9.76. The zero-order valence-electron chi connectivity index (χ0n) is 25.7. The third-order valence-corrected chi connectivity index (χ3v) is 10.2. The second-order valence-corrected chi connectivity index (χ2v) is 13.1. The van der Waals surface area contributed by atoms with Crippen LogP contribution in [0.2, 0.25) is 5.15 Å². The number of thioether (sulfide) groups is 2. The summed E-state index contributed by atoms with van der Waals surface area (Å²) in [6, 6.07) is 0. The fourth-order valence-corrected chi connectivity index (χ4v) is 7.50. The summed E-state index contributed by atoms with van der Waals surface area (Å²) in [5.41, 5.74) is 18.7. The first-order valence-electron chi connectivity index (χ1n) is 13.6. The Morgan fingerprint density at radius 3 is 1.67 bits per heavy atom. The van der Waals surface area contributed by atoms with Crippen molar-refractivity contribution in [3.8, 4) is 0 Å². The number of nitrogens with zero attached hydrogens (tertiary/aromatic N) is 10. The van der Waals surface area contributed by atoms with Gasteiger partial charge >= 0.3 is 0 Å². The Labute approximate surface area is 286 Å². The smallest absolute Gasteiger partial charge is 0.223 e. The van der Waals surface area contributed by atoms with Gasteiger partial charge in [-0.1, -0.05) is 11.6 Å². The minimum Gasteiger partial charge on any atom is -0.618 e. The van der Waals surface area contributed by atoms with E-state index in [-0.39, 0.29) is 17.0 Å². The van der Waals surface area contributed by atoms with Crippen LogP contribution in [-0.2, 0) is 13.1 Å². The van der Waals surface area contributed by atoms with E-state index in [0.717, 1.165) is 41.5 Å². The van der Waals surface area contributed by atoms with Crippen molar-refractivity contribution < 1.29 is 9.46 Å². The van der Waals surface area contributed by atoms with E-state index in [4.69, 9.17) is 23.1 Å². The standard InChI is InChI=1S/C14H15BrN6OS.C14H15ClN6OS/c2*1-7-4-21(22)9(8(2)11(7)23-3)5-20-6-17-10-12(15)18-14(16)19-13(10)20/h2*4,6H,5H2,1-3H3,(H2,16,18,19). The Morgan fingerprint density at radius 1 is 0.761 bits per heavy atom. The van der Waals surface area contributed by atoms with Gasteiger partial charge in [0, 0.05) is 32.0 Å². The van der Waals surface area contributed by atoms with Gasteiger partial charge in [0.05, 0.1) is 12.7 Å². The van der Waals surface area contributed by atoms with Gasteiger partial charge in [0.25, 0.3) is 0 Å². The number of rotatable bonds is 6. The zero-order valence-corrected chi connectivity index (χ0v) is 29.7. The maximum absolute atomic E-state index is 12.3. The molecule has 46 heavy (non-hydrogen) atoms. The minimum atomic E-state index is 0.0738. The number of imidazole rings is 2. The molecule has 0 spiro atoms. The third-order valence-electron chi connectivity index (χ3n) is 7.34. The lowest BCUT2D eigenvalue weighted by atomic mass is 10.1. The Bertz CT molecular complexity index is 1970. The minimum absolute atomic E-state index is 0.0738. The Morgan fingerprint density at radius 2 is 1.20 bits per heavy atom. The quantitative estimate of drug-likeness (QED) is 0.107. The van der Waals surface area contributed by atoms with Crippen molar-refractivity contribution in [1.29, 1.82) is 0 Å². The average Bonchev–Trinajstić information content (AvgIpc) is 3.58. The van der Waals surface area contributed by atoms with E-state index in [1.165, 1.54) is 0 Å². The van der Waals surface area contributed by atoms with Crippen molar-refractivity contribution in [3.63, 3.8) is 0 Å². The van der Waals surface area contributed by atoms with Crippen molar-refractivity contribution in [2.24, 2.45) is 0 Å². The fourth-order valence-electron chi connectivity index (χ4n) is 5.22. The molecule has 0 amide bonds. The molecule has 0 saturated carbocycles. The molecule has 0 atom stereocenters. The molecule has 0 unspecified atom stereocenters. The lowest BCUT2D eigenvalue weighted by Gasteiger charge is -2.13. The monoisotopic (exact) mass is 744 g/mol. The molecule has 0 aliphatic rings.